The van der Waals surface area contributed by atoms with Crippen molar-refractivity contribution in [2.24, 2.45) is 11.8 Å². The maximum Gasteiger partial charge on any atom is 0.230 e. The second kappa shape index (κ2) is 5.63. The lowest BCUT2D eigenvalue weighted by Crippen LogP contribution is -2.46. The first-order chi connectivity index (χ1) is 8.90. The zero-order valence-corrected chi connectivity index (χ0v) is 13.1. The molecule has 2 unspecified atom stereocenters. The van der Waals surface area contributed by atoms with Gasteiger partial charge in [-0.3, -0.25) is 14.9 Å². The normalized spacial score (nSPS) is 23.6. The quantitative estimate of drug-likeness (QED) is 0.835. The zero-order chi connectivity index (χ0) is 14.2. The topological polar surface area (TPSA) is 46.2 Å². The molecule has 2 atom stereocenters. The number of nitrogens with one attached hydrogen (secondary N) is 1. The Hall–Kier alpha value is -0.870. The van der Waals surface area contributed by atoms with E-state index in [-0.39, 0.29) is 29.6 Å². The van der Waals surface area contributed by atoms with Crippen molar-refractivity contribution >= 4 is 39.3 Å². The van der Waals surface area contributed by atoms with Crippen LogP contribution in [0, 0.1) is 11.8 Å². The molecule has 2 amide bonds. The van der Waals surface area contributed by atoms with Gasteiger partial charge >= 0.3 is 0 Å². The summed E-state index contributed by atoms with van der Waals surface area (Å²) in [7, 11) is 0. The van der Waals surface area contributed by atoms with Crippen LogP contribution in [0.2, 0.25) is 5.02 Å². The molecule has 0 aromatic heterocycles. The molecule has 0 bridgehead atoms. The van der Waals surface area contributed by atoms with Gasteiger partial charge in [0.15, 0.2) is 0 Å². The van der Waals surface area contributed by atoms with Gasteiger partial charge in [-0.1, -0.05) is 31.5 Å². The first kappa shape index (κ1) is 14.5. The highest BCUT2D eigenvalue weighted by Gasteiger charge is 2.38. The molecule has 1 aliphatic heterocycles. The largest absolute Gasteiger partial charge is 0.296 e. The van der Waals surface area contributed by atoms with Gasteiger partial charge in [-0.25, -0.2) is 0 Å². The van der Waals surface area contributed by atoms with Crippen molar-refractivity contribution in [3.8, 4) is 0 Å². The standard InChI is InChI=1S/C14H15BrClNO2/c1-7(2)13-9(6-12(18)17-14(13)19)8-3-4-10(15)11(16)5-8/h3-5,7,9,13H,6H2,1-2H3,(H,17,18,19). The minimum absolute atomic E-state index is 0.105. The average Bonchev–Trinajstić information content (AvgIpc) is 2.31. The SMILES string of the molecule is CC(C)C1C(=O)NC(=O)CC1c1ccc(Br)c(Cl)c1. The van der Waals surface area contributed by atoms with E-state index in [1.165, 1.54) is 0 Å². The van der Waals surface area contributed by atoms with Crippen molar-refractivity contribution in [1.29, 1.82) is 0 Å². The third-order valence-corrected chi connectivity index (χ3v) is 4.73. The van der Waals surface area contributed by atoms with E-state index in [1.54, 1.807) is 0 Å². The van der Waals surface area contributed by atoms with Crippen LogP contribution in [-0.4, -0.2) is 11.8 Å². The predicted molar refractivity (Wildman–Crippen MR) is 78.0 cm³/mol. The molecule has 0 saturated carbocycles. The molecule has 1 aromatic carbocycles. The van der Waals surface area contributed by atoms with E-state index in [4.69, 9.17) is 11.6 Å². The number of rotatable bonds is 2. The lowest BCUT2D eigenvalue weighted by atomic mass is 9.75. The van der Waals surface area contributed by atoms with Crippen LogP contribution in [0.4, 0.5) is 0 Å². The van der Waals surface area contributed by atoms with Crippen LogP contribution in [0.1, 0.15) is 31.7 Å². The molecule has 1 N–H and O–H groups in total. The predicted octanol–water partition coefficient (Wildman–Crippen LogP) is 3.50. The van der Waals surface area contributed by atoms with Crippen LogP contribution in [0.3, 0.4) is 0 Å². The molecule has 0 radical (unpaired) electrons. The number of benzene rings is 1. The van der Waals surface area contributed by atoms with Gasteiger partial charge in [0, 0.05) is 22.7 Å². The maximum absolute atomic E-state index is 12.0. The van der Waals surface area contributed by atoms with E-state index in [9.17, 15) is 9.59 Å². The Balaban J connectivity index is 2.40. The first-order valence-corrected chi connectivity index (χ1v) is 7.36. The molecule has 1 aliphatic rings. The van der Waals surface area contributed by atoms with Crippen LogP contribution in [-0.2, 0) is 9.59 Å². The second-order valence-corrected chi connectivity index (χ2v) is 6.43. The molecule has 0 aliphatic carbocycles. The summed E-state index contributed by atoms with van der Waals surface area (Å²) in [4.78, 5) is 23.6. The summed E-state index contributed by atoms with van der Waals surface area (Å²) in [5.41, 5.74) is 0.940. The summed E-state index contributed by atoms with van der Waals surface area (Å²) >= 11 is 9.44. The zero-order valence-electron chi connectivity index (χ0n) is 10.7. The van der Waals surface area contributed by atoms with Crippen molar-refractivity contribution in [2.45, 2.75) is 26.2 Å². The highest BCUT2D eigenvalue weighted by Crippen LogP contribution is 2.38. The third kappa shape index (κ3) is 3.00. The Morgan fingerprint density at radius 1 is 1.37 bits per heavy atom. The van der Waals surface area contributed by atoms with E-state index in [1.807, 2.05) is 32.0 Å². The molecular weight excluding hydrogens is 330 g/mol. The second-order valence-electron chi connectivity index (χ2n) is 5.17. The number of carbonyl (C=O) groups is 2. The van der Waals surface area contributed by atoms with Crippen molar-refractivity contribution in [3.63, 3.8) is 0 Å². The molecule has 3 nitrogen and oxygen atoms in total. The Labute approximate surface area is 125 Å². The lowest BCUT2D eigenvalue weighted by molar-refractivity contribution is -0.138. The average molecular weight is 345 g/mol. The fourth-order valence-electron chi connectivity index (χ4n) is 2.62. The molecular formula is C14H15BrClNO2. The van der Waals surface area contributed by atoms with Gasteiger partial charge in [0.1, 0.15) is 0 Å². The number of amides is 2. The fraction of sp³-hybridized carbons (Fsp3) is 0.429. The number of halogens is 2. The summed E-state index contributed by atoms with van der Waals surface area (Å²) < 4.78 is 0.811. The number of imide groups is 1. The van der Waals surface area contributed by atoms with Crippen LogP contribution >= 0.6 is 27.5 Å². The monoisotopic (exact) mass is 343 g/mol. The molecule has 1 saturated heterocycles. The molecule has 0 spiro atoms. The van der Waals surface area contributed by atoms with Crippen LogP contribution < -0.4 is 5.32 Å². The van der Waals surface area contributed by atoms with Gasteiger partial charge in [0.25, 0.3) is 0 Å². The van der Waals surface area contributed by atoms with Gasteiger partial charge in [0.2, 0.25) is 11.8 Å². The van der Waals surface area contributed by atoms with Gasteiger partial charge < -0.3 is 0 Å². The fourth-order valence-corrected chi connectivity index (χ4v) is 3.05. The van der Waals surface area contributed by atoms with E-state index in [2.05, 4.69) is 21.2 Å². The van der Waals surface area contributed by atoms with Gasteiger partial charge in [-0.15, -0.1) is 0 Å². The van der Waals surface area contributed by atoms with E-state index in [0.717, 1.165) is 10.0 Å². The molecule has 19 heavy (non-hydrogen) atoms. The Bertz CT molecular complexity index is 530. The highest BCUT2D eigenvalue weighted by molar-refractivity contribution is 9.10. The first-order valence-electron chi connectivity index (χ1n) is 6.18. The lowest BCUT2D eigenvalue weighted by Gasteiger charge is -2.33. The molecule has 1 fully saturated rings. The minimum Gasteiger partial charge on any atom is -0.296 e. The summed E-state index contributed by atoms with van der Waals surface area (Å²) in [5, 5.41) is 3.01. The molecule has 5 heteroatoms. The van der Waals surface area contributed by atoms with Crippen molar-refractivity contribution in [3.05, 3.63) is 33.3 Å². The number of carbonyl (C=O) groups excluding carboxylic acids is 2. The van der Waals surface area contributed by atoms with E-state index in [0.29, 0.717) is 11.4 Å². The number of hydrogen-bond donors (Lipinski definition) is 1. The Morgan fingerprint density at radius 2 is 2.05 bits per heavy atom. The summed E-state index contributed by atoms with van der Waals surface area (Å²) in [6, 6.07) is 5.60. The Morgan fingerprint density at radius 3 is 2.63 bits per heavy atom. The molecule has 102 valence electrons. The van der Waals surface area contributed by atoms with E-state index >= 15 is 0 Å². The molecule has 2 rings (SSSR count). The Kier molecular flexibility index (Phi) is 4.31. The number of piperidine rings is 1. The van der Waals surface area contributed by atoms with E-state index < -0.39 is 0 Å². The van der Waals surface area contributed by atoms with Crippen molar-refractivity contribution < 1.29 is 9.59 Å². The maximum atomic E-state index is 12.0. The van der Waals surface area contributed by atoms with Crippen molar-refractivity contribution in [1.82, 2.24) is 5.32 Å². The molecule has 1 aromatic rings. The number of hydrogen-bond acceptors (Lipinski definition) is 2. The summed E-state index contributed by atoms with van der Waals surface area (Å²) in [5.74, 6) is -0.538. The smallest absolute Gasteiger partial charge is 0.230 e. The van der Waals surface area contributed by atoms with Crippen molar-refractivity contribution in [2.75, 3.05) is 0 Å². The molecule has 1 heterocycles. The summed E-state index contributed by atoms with van der Waals surface area (Å²) in [6.45, 7) is 3.99. The van der Waals surface area contributed by atoms with Crippen LogP contribution in [0.25, 0.3) is 0 Å². The van der Waals surface area contributed by atoms with Gasteiger partial charge in [0.05, 0.1) is 5.02 Å². The van der Waals surface area contributed by atoms with Gasteiger partial charge in [-0.05, 0) is 39.5 Å². The minimum atomic E-state index is -0.217. The van der Waals surface area contributed by atoms with Crippen LogP contribution in [0.5, 0.6) is 0 Å². The third-order valence-electron chi connectivity index (χ3n) is 3.49. The highest BCUT2D eigenvalue weighted by atomic mass is 79.9. The van der Waals surface area contributed by atoms with Crippen LogP contribution in [0.15, 0.2) is 22.7 Å². The summed E-state index contributed by atoms with van der Waals surface area (Å²) in [6.07, 6.45) is 0.326. The van der Waals surface area contributed by atoms with Gasteiger partial charge in [-0.2, -0.15) is 0 Å².